The van der Waals surface area contributed by atoms with Crippen molar-refractivity contribution in [3.63, 3.8) is 0 Å². The first kappa shape index (κ1) is 14.4. The zero-order chi connectivity index (χ0) is 14.8. The van der Waals surface area contributed by atoms with Crippen molar-refractivity contribution in [3.05, 3.63) is 22.9 Å². The van der Waals surface area contributed by atoms with Gasteiger partial charge in [0.05, 0.1) is 5.56 Å². The zero-order valence-electron chi connectivity index (χ0n) is 13.2. The van der Waals surface area contributed by atoms with Crippen LogP contribution in [0.25, 0.3) is 0 Å². The summed E-state index contributed by atoms with van der Waals surface area (Å²) >= 11 is 0. The maximum atomic E-state index is 9.43. The second-order valence-corrected chi connectivity index (χ2v) is 6.96. The van der Waals surface area contributed by atoms with Gasteiger partial charge in [0.2, 0.25) is 0 Å². The fourth-order valence-electron chi connectivity index (χ4n) is 3.88. The Hall–Kier alpha value is -1.56. The highest BCUT2D eigenvalue weighted by molar-refractivity contribution is 5.55. The molecule has 0 radical (unpaired) electrons. The Kier molecular flexibility index (Phi) is 4.14. The van der Waals surface area contributed by atoms with Gasteiger partial charge in [0.15, 0.2) is 0 Å². The number of rotatable bonds is 2. The van der Waals surface area contributed by atoms with Gasteiger partial charge in [-0.1, -0.05) is 13.8 Å². The fourth-order valence-corrected chi connectivity index (χ4v) is 3.88. The summed E-state index contributed by atoms with van der Waals surface area (Å²) in [4.78, 5) is 4.80. The molecule has 1 aromatic heterocycles. The van der Waals surface area contributed by atoms with E-state index in [9.17, 15) is 5.26 Å². The van der Waals surface area contributed by atoms with E-state index >= 15 is 0 Å². The molecule has 3 atom stereocenters. The molecule has 2 aliphatic rings. The molecule has 1 N–H and O–H groups in total. The highest BCUT2D eigenvalue weighted by Crippen LogP contribution is 2.32. The fraction of sp³-hybridized carbons (Fsp3) is 0.667. The van der Waals surface area contributed by atoms with Crippen molar-refractivity contribution in [2.75, 3.05) is 5.32 Å². The molecule has 112 valence electrons. The van der Waals surface area contributed by atoms with Gasteiger partial charge >= 0.3 is 0 Å². The van der Waals surface area contributed by atoms with Crippen LogP contribution < -0.4 is 5.32 Å². The minimum atomic E-state index is 0.461. The van der Waals surface area contributed by atoms with Crippen LogP contribution in [0.15, 0.2) is 6.07 Å². The molecule has 3 unspecified atom stereocenters. The van der Waals surface area contributed by atoms with Gasteiger partial charge in [-0.3, -0.25) is 0 Å². The molecule has 2 aliphatic carbocycles. The van der Waals surface area contributed by atoms with Crippen molar-refractivity contribution >= 4 is 5.82 Å². The molecule has 0 aliphatic heterocycles. The van der Waals surface area contributed by atoms with Gasteiger partial charge in [0.1, 0.15) is 11.9 Å². The maximum Gasteiger partial charge on any atom is 0.144 e. The van der Waals surface area contributed by atoms with Crippen molar-refractivity contribution in [2.45, 2.75) is 64.8 Å². The van der Waals surface area contributed by atoms with E-state index in [0.29, 0.717) is 12.0 Å². The van der Waals surface area contributed by atoms with Gasteiger partial charge in [0.25, 0.3) is 0 Å². The Morgan fingerprint density at radius 3 is 2.81 bits per heavy atom. The number of aromatic nitrogens is 1. The van der Waals surface area contributed by atoms with Crippen LogP contribution in [-0.2, 0) is 12.8 Å². The van der Waals surface area contributed by atoms with Gasteiger partial charge in [-0.2, -0.15) is 5.26 Å². The molecular formula is C18H25N3. The van der Waals surface area contributed by atoms with Crippen LogP contribution in [-0.4, -0.2) is 11.0 Å². The van der Waals surface area contributed by atoms with Gasteiger partial charge in [-0.15, -0.1) is 0 Å². The molecule has 3 heteroatoms. The Morgan fingerprint density at radius 1 is 1.24 bits per heavy atom. The number of pyridine rings is 1. The van der Waals surface area contributed by atoms with Gasteiger partial charge in [0, 0.05) is 11.7 Å². The van der Waals surface area contributed by atoms with E-state index in [2.05, 4.69) is 31.3 Å². The summed E-state index contributed by atoms with van der Waals surface area (Å²) in [6.45, 7) is 4.66. The number of nitriles is 1. The SMILES string of the molecule is CC1CCC(Nc2nc3c(cc2C#N)CCCC3)C(C)C1. The first-order valence-electron chi connectivity index (χ1n) is 8.36. The van der Waals surface area contributed by atoms with Crippen molar-refractivity contribution in [3.8, 4) is 6.07 Å². The van der Waals surface area contributed by atoms with Gasteiger partial charge in [-0.25, -0.2) is 4.98 Å². The number of anilines is 1. The van der Waals surface area contributed by atoms with E-state index in [-0.39, 0.29) is 0 Å². The molecule has 0 saturated heterocycles. The van der Waals surface area contributed by atoms with Gasteiger partial charge in [-0.05, 0) is 68.4 Å². The van der Waals surface area contributed by atoms with Crippen molar-refractivity contribution in [2.24, 2.45) is 11.8 Å². The number of fused-ring (bicyclic) bond motifs is 1. The summed E-state index contributed by atoms with van der Waals surface area (Å²) in [5.74, 6) is 2.30. The summed E-state index contributed by atoms with van der Waals surface area (Å²) in [6.07, 6.45) is 8.32. The molecule has 0 amide bonds. The van der Waals surface area contributed by atoms with E-state index in [1.165, 1.54) is 43.4 Å². The predicted molar refractivity (Wildman–Crippen MR) is 85.2 cm³/mol. The normalized spacial score (nSPS) is 28.5. The predicted octanol–water partition coefficient (Wildman–Crippen LogP) is 4.07. The molecule has 0 bridgehead atoms. The van der Waals surface area contributed by atoms with Crippen molar-refractivity contribution in [1.82, 2.24) is 4.98 Å². The van der Waals surface area contributed by atoms with Crippen LogP contribution in [0.5, 0.6) is 0 Å². The average molecular weight is 283 g/mol. The molecule has 21 heavy (non-hydrogen) atoms. The molecule has 1 aromatic rings. The van der Waals surface area contributed by atoms with Crippen molar-refractivity contribution in [1.29, 1.82) is 5.26 Å². The van der Waals surface area contributed by atoms with Gasteiger partial charge < -0.3 is 5.32 Å². The summed E-state index contributed by atoms with van der Waals surface area (Å²) in [5, 5.41) is 13.0. The summed E-state index contributed by atoms with van der Waals surface area (Å²) in [5.41, 5.74) is 3.22. The monoisotopic (exact) mass is 283 g/mol. The van der Waals surface area contributed by atoms with Crippen molar-refractivity contribution < 1.29 is 0 Å². The Balaban J connectivity index is 1.83. The lowest BCUT2D eigenvalue weighted by Gasteiger charge is -2.34. The van der Waals surface area contributed by atoms with Crippen LogP contribution in [0.4, 0.5) is 5.82 Å². The highest BCUT2D eigenvalue weighted by atomic mass is 15.0. The van der Waals surface area contributed by atoms with E-state index in [1.54, 1.807) is 0 Å². The Morgan fingerprint density at radius 2 is 2.05 bits per heavy atom. The van der Waals surface area contributed by atoms with E-state index in [1.807, 2.05) is 0 Å². The molecule has 0 spiro atoms. The quantitative estimate of drug-likeness (QED) is 0.890. The summed E-state index contributed by atoms with van der Waals surface area (Å²) in [6, 6.07) is 4.86. The number of aryl methyl sites for hydroxylation is 2. The third-order valence-corrected chi connectivity index (χ3v) is 5.17. The number of nitrogens with one attached hydrogen (secondary N) is 1. The standard InChI is InChI=1S/C18H25N3/c1-12-7-8-16(13(2)9-12)20-18-15(11-19)10-14-5-3-4-6-17(14)21-18/h10,12-13,16H,3-9H2,1-2H3,(H,20,21). The van der Waals surface area contributed by atoms with E-state index in [0.717, 1.165) is 30.1 Å². The highest BCUT2D eigenvalue weighted by Gasteiger charge is 2.26. The molecular weight excluding hydrogens is 258 g/mol. The smallest absolute Gasteiger partial charge is 0.144 e. The molecule has 1 fully saturated rings. The molecule has 1 saturated carbocycles. The molecule has 3 nitrogen and oxygen atoms in total. The largest absolute Gasteiger partial charge is 0.366 e. The second-order valence-electron chi connectivity index (χ2n) is 6.96. The lowest BCUT2D eigenvalue weighted by atomic mass is 9.80. The first-order chi connectivity index (χ1) is 10.2. The van der Waals surface area contributed by atoms with E-state index in [4.69, 9.17) is 4.98 Å². The van der Waals surface area contributed by atoms with Crippen LogP contribution in [0, 0.1) is 23.2 Å². The zero-order valence-corrected chi connectivity index (χ0v) is 13.2. The number of hydrogen-bond donors (Lipinski definition) is 1. The molecule has 1 heterocycles. The second kappa shape index (κ2) is 6.05. The summed E-state index contributed by atoms with van der Waals surface area (Å²) < 4.78 is 0. The topological polar surface area (TPSA) is 48.7 Å². The number of hydrogen-bond acceptors (Lipinski definition) is 3. The third-order valence-electron chi connectivity index (χ3n) is 5.17. The van der Waals surface area contributed by atoms with E-state index < -0.39 is 0 Å². The Bertz CT molecular complexity index is 558. The Labute approximate surface area is 127 Å². The first-order valence-corrected chi connectivity index (χ1v) is 8.36. The van der Waals surface area contributed by atoms with Crippen LogP contribution in [0.2, 0.25) is 0 Å². The summed E-state index contributed by atoms with van der Waals surface area (Å²) in [7, 11) is 0. The van der Waals surface area contributed by atoms with Crippen LogP contribution >= 0.6 is 0 Å². The average Bonchev–Trinajstić information content (AvgIpc) is 2.49. The third kappa shape index (κ3) is 3.05. The lowest BCUT2D eigenvalue weighted by molar-refractivity contribution is 0.276. The molecule has 0 aromatic carbocycles. The minimum absolute atomic E-state index is 0.461. The number of nitrogens with zero attached hydrogens (tertiary/aromatic N) is 2. The maximum absolute atomic E-state index is 9.43. The van der Waals surface area contributed by atoms with Crippen LogP contribution in [0.1, 0.15) is 62.8 Å². The molecule has 3 rings (SSSR count). The van der Waals surface area contributed by atoms with Crippen LogP contribution in [0.3, 0.4) is 0 Å². The minimum Gasteiger partial charge on any atom is -0.366 e. The lowest BCUT2D eigenvalue weighted by Crippen LogP contribution is -2.33.